The standard InChI is InChI=1S/C31H38N2O14P2/c1-20(2)29(35)45-24-9-5-22(6-10-24)17-42-49(40,43-18-23-7-11-25(12-8-23)46-30(36)21(3)4)47-48(38,39)41-19-26-13-14-28(44-26)33-16-15-27(34)32-31(33)37/h5-12,15-16,20-21,26,28H,13-14,17-19H2,1-4H3,(H,38,39)(H,32,34,37)/p-1/t26-,28+/m0/s1. The van der Waals surface area contributed by atoms with Gasteiger partial charge in [0.1, 0.15) is 17.7 Å². The first-order valence-corrected chi connectivity index (χ1v) is 18.2. The second-order valence-electron chi connectivity index (χ2n) is 11.6. The molecule has 0 amide bonds. The monoisotopic (exact) mass is 723 g/mol. The van der Waals surface area contributed by atoms with Crippen molar-refractivity contribution in [2.45, 2.75) is 66.1 Å². The van der Waals surface area contributed by atoms with Crippen molar-refractivity contribution in [3.63, 3.8) is 0 Å². The van der Waals surface area contributed by atoms with Gasteiger partial charge in [0.25, 0.3) is 13.4 Å². The van der Waals surface area contributed by atoms with Gasteiger partial charge in [0.15, 0.2) is 0 Å². The number of nitrogens with one attached hydrogen (secondary N) is 1. The number of benzene rings is 2. The number of H-pyrrole nitrogens is 1. The Morgan fingerprint density at radius 1 is 0.837 bits per heavy atom. The molecule has 0 saturated carbocycles. The summed E-state index contributed by atoms with van der Waals surface area (Å²) in [7, 11) is -10.2. The molecule has 1 saturated heterocycles. The molecule has 4 rings (SSSR count). The third kappa shape index (κ3) is 11.7. The summed E-state index contributed by atoms with van der Waals surface area (Å²) in [6, 6.07) is 13.1. The number of carbonyl (C=O) groups excluding carboxylic acids is 2. The molecule has 1 fully saturated rings. The lowest BCUT2D eigenvalue weighted by Gasteiger charge is -2.28. The molecule has 2 heterocycles. The van der Waals surface area contributed by atoms with Crippen LogP contribution in [0.1, 0.15) is 57.9 Å². The summed E-state index contributed by atoms with van der Waals surface area (Å²) in [5.74, 6) is -1.03. The molecule has 0 bridgehead atoms. The number of phosphoric ester groups is 2. The average Bonchev–Trinajstić information content (AvgIpc) is 3.52. The molecule has 18 heteroatoms. The molecule has 266 valence electrons. The van der Waals surface area contributed by atoms with E-state index in [9.17, 15) is 33.2 Å². The maximum Gasteiger partial charge on any atom is 0.481 e. The van der Waals surface area contributed by atoms with Crippen LogP contribution in [0.3, 0.4) is 0 Å². The van der Waals surface area contributed by atoms with E-state index in [1.54, 1.807) is 27.7 Å². The Bertz CT molecular complexity index is 1730. The number of aromatic amines is 1. The highest BCUT2D eigenvalue weighted by atomic mass is 31.3. The van der Waals surface area contributed by atoms with Gasteiger partial charge in [-0.15, -0.1) is 0 Å². The summed E-state index contributed by atoms with van der Waals surface area (Å²) in [6.07, 6.45) is 0.315. The number of ether oxygens (including phenoxy) is 3. The summed E-state index contributed by atoms with van der Waals surface area (Å²) in [5, 5.41) is 0. The second kappa shape index (κ2) is 16.8. The first kappa shape index (κ1) is 38.1. The lowest BCUT2D eigenvalue weighted by atomic mass is 10.2. The van der Waals surface area contributed by atoms with E-state index in [1.807, 2.05) is 0 Å². The molecule has 0 spiro atoms. The molecule has 16 nitrogen and oxygen atoms in total. The Morgan fingerprint density at radius 2 is 1.35 bits per heavy atom. The van der Waals surface area contributed by atoms with E-state index in [4.69, 9.17) is 32.1 Å². The fourth-order valence-electron chi connectivity index (χ4n) is 4.16. The maximum absolute atomic E-state index is 13.7. The molecule has 1 N–H and O–H groups in total. The summed E-state index contributed by atoms with van der Waals surface area (Å²) < 4.78 is 64.5. The summed E-state index contributed by atoms with van der Waals surface area (Å²) in [5.41, 5.74) is -0.439. The first-order valence-electron chi connectivity index (χ1n) is 15.3. The van der Waals surface area contributed by atoms with Crippen molar-refractivity contribution in [1.29, 1.82) is 0 Å². The lowest BCUT2D eigenvalue weighted by molar-refractivity contribution is -0.221. The average molecular weight is 724 g/mol. The lowest BCUT2D eigenvalue weighted by Crippen LogP contribution is -2.31. The van der Waals surface area contributed by atoms with Crippen LogP contribution in [0.25, 0.3) is 0 Å². The molecular formula is C31H37N2O14P2-. The quantitative estimate of drug-likeness (QED) is 0.124. The van der Waals surface area contributed by atoms with Crippen LogP contribution in [0.15, 0.2) is 70.4 Å². The van der Waals surface area contributed by atoms with Crippen molar-refractivity contribution in [2.75, 3.05) is 6.61 Å². The van der Waals surface area contributed by atoms with E-state index >= 15 is 0 Å². The molecule has 1 unspecified atom stereocenters. The number of phosphoric acid groups is 2. The Balaban J connectivity index is 1.41. The minimum atomic E-state index is -5.36. The van der Waals surface area contributed by atoms with Gasteiger partial charge >= 0.3 is 25.5 Å². The predicted molar refractivity (Wildman–Crippen MR) is 170 cm³/mol. The third-order valence-corrected chi connectivity index (χ3v) is 9.83. The highest BCUT2D eigenvalue weighted by Crippen LogP contribution is 2.62. The molecule has 1 aromatic heterocycles. The van der Waals surface area contributed by atoms with Gasteiger partial charge in [-0.05, 0) is 48.2 Å². The van der Waals surface area contributed by atoms with Crippen molar-refractivity contribution in [3.05, 3.63) is 92.8 Å². The van der Waals surface area contributed by atoms with Gasteiger partial charge in [-0.25, -0.2) is 13.7 Å². The molecule has 0 radical (unpaired) electrons. The number of rotatable bonds is 16. The van der Waals surface area contributed by atoms with Crippen LogP contribution in [0.5, 0.6) is 11.5 Å². The Morgan fingerprint density at radius 3 is 1.82 bits per heavy atom. The van der Waals surface area contributed by atoms with Crippen LogP contribution in [0.4, 0.5) is 0 Å². The third-order valence-electron chi connectivity index (χ3n) is 6.87. The summed E-state index contributed by atoms with van der Waals surface area (Å²) >= 11 is 0. The van der Waals surface area contributed by atoms with Crippen molar-refractivity contribution < 1.29 is 55.7 Å². The number of esters is 2. The number of hydrogen-bond acceptors (Lipinski definition) is 14. The largest absolute Gasteiger partial charge is 0.756 e. The van der Waals surface area contributed by atoms with Gasteiger partial charge < -0.3 is 23.6 Å². The zero-order valence-electron chi connectivity index (χ0n) is 27.2. The minimum absolute atomic E-state index is 0.264. The van der Waals surface area contributed by atoms with Crippen LogP contribution < -0.4 is 25.6 Å². The van der Waals surface area contributed by atoms with Crippen LogP contribution in [-0.2, 0) is 54.6 Å². The zero-order valence-corrected chi connectivity index (χ0v) is 29.0. The van der Waals surface area contributed by atoms with E-state index < -0.39 is 71.0 Å². The molecule has 1 aliphatic heterocycles. The fraction of sp³-hybridized carbons (Fsp3) is 0.419. The van der Waals surface area contributed by atoms with E-state index in [0.29, 0.717) is 24.0 Å². The summed E-state index contributed by atoms with van der Waals surface area (Å²) in [6.45, 7) is 5.34. The number of hydrogen-bond donors (Lipinski definition) is 1. The van der Waals surface area contributed by atoms with Gasteiger partial charge in [0.2, 0.25) is 0 Å². The fourth-order valence-corrected chi connectivity index (χ4v) is 6.74. The van der Waals surface area contributed by atoms with Gasteiger partial charge in [-0.2, -0.15) is 0 Å². The Labute approximate surface area is 281 Å². The Kier molecular flexibility index (Phi) is 13.1. The van der Waals surface area contributed by atoms with Crippen LogP contribution >= 0.6 is 15.6 Å². The molecular weight excluding hydrogens is 686 g/mol. The molecule has 49 heavy (non-hydrogen) atoms. The topological polar surface area (TPSA) is 211 Å². The Hall–Kier alpha value is -3.72. The van der Waals surface area contributed by atoms with Crippen molar-refractivity contribution in [2.24, 2.45) is 11.8 Å². The predicted octanol–water partition coefficient (Wildman–Crippen LogP) is 4.38. The first-order chi connectivity index (χ1) is 23.1. The summed E-state index contributed by atoms with van der Waals surface area (Å²) in [4.78, 5) is 62.2. The van der Waals surface area contributed by atoms with Gasteiger partial charge in [0.05, 0.1) is 37.8 Å². The maximum atomic E-state index is 13.7. The SMILES string of the molecule is CC(C)C(=O)Oc1ccc(COP(=O)(OCc2ccc(OC(=O)C(C)C)cc2)OP(=O)([O-])OC[C@@H]2CC[C@H](n3ccc(=O)[nH]c3=O)O2)cc1. The molecule has 2 aromatic carbocycles. The van der Waals surface area contributed by atoms with Gasteiger partial charge in [-0.3, -0.25) is 37.5 Å². The van der Waals surface area contributed by atoms with E-state index in [-0.39, 0.29) is 23.3 Å². The minimum Gasteiger partial charge on any atom is -0.756 e. The van der Waals surface area contributed by atoms with Crippen molar-refractivity contribution in [3.8, 4) is 11.5 Å². The highest BCUT2D eigenvalue weighted by molar-refractivity contribution is 7.61. The second-order valence-corrected chi connectivity index (χ2v) is 14.8. The molecule has 1 aliphatic rings. The van der Waals surface area contributed by atoms with Gasteiger partial charge in [0, 0.05) is 12.3 Å². The number of aromatic nitrogens is 2. The van der Waals surface area contributed by atoms with E-state index in [1.165, 1.54) is 54.7 Å². The molecule has 3 atom stereocenters. The molecule has 0 aliphatic carbocycles. The van der Waals surface area contributed by atoms with Crippen molar-refractivity contribution >= 4 is 27.6 Å². The van der Waals surface area contributed by atoms with Crippen molar-refractivity contribution in [1.82, 2.24) is 9.55 Å². The van der Waals surface area contributed by atoms with E-state index in [0.717, 1.165) is 10.6 Å². The van der Waals surface area contributed by atoms with Crippen LogP contribution in [0, 0.1) is 11.8 Å². The molecule has 3 aromatic rings. The van der Waals surface area contributed by atoms with Gasteiger partial charge in [-0.1, -0.05) is 52.0 Å². The van der Waals surface area contributed by atoms with Crippen LogP contribution in [-0.4, -0.2) is 34.2 Å². The zero-order chi connectivity index (χ0) is 35.8. The number of carbonyl (C=O) groups is 2. The normalized spacial score (nSPS) is 17.6. The van der Waals surface area contributed by atoms with E-state index in [2.05, 4.69) is 4.98 Å². The highest BCUT2D eigenvalue weighted by Gasteiger charge is 2.35. The number of nitrogens with zero attached hydrogens (tertiary/aromatic N) is 1. The van der Waals surface area contributed by atoms with Crippen LogP contribution in [0.2, 0.25) is 0 Å². The smallest absolute Gasteiger partial charge is 0.481 e.